The Hall–Kier alpha value is -1.43. The van der Waals surface area contributed by atoms with Crippen LogP contribution in [0.5, 0.6) is 0 Å². The van der Waals surface area contributed by atoms with Crippen LogP contribution in [0, 0.1) is 0 Å². The van der Waals surface area contributed by atoms with Gasteiger partial charge in [0.1, 0.15) is 4.88 Å². The van der Waals surface area contributed by atoms with Crippen LogP contribution in [0.4, 0.5) is 0 Å². The number of aromatic carboxylic acids is 1. The Bertz CT molecular complexity index is 333. The van der Waals surface area contributed by atoms with E-state index in [1.54, 1.807) is 6.92 Å². The lowest BCUT2D eigenvalue weighted by atomic mass is 10.6. The molecule has 0 bridgehead atoms. The summed E-state index contributed by atoms with van der Waals surface area (Å²) in [5.41, 5.74) is 0. The first-order valence-corrected chi connectivity index (χ1v) is 4.33. The summed E-state index contributed by atoms with van der Waals surface area (Å²) in [5.74, 6) is -1.67. The lowest BCUT2D eigenvalue weighted by molar-refractivity contribution is 0.0525. The van der Waals surface area contributed by atoms with Crippen molar-refractivity contribution in [2.24, 2.45) is 0 Å². The van der Waals surface area contributed by atoms with Crippen molar-refractivity contribution in [3.63, 3.8) is 0 Å². The fourth-order valence-corrected chi connectivity index (χ4v) is 1.31. The summed E-state index contributed by atoms with van der Waals surface area (Å²) in [7, 11) is 0. The molecule has 1 rings (SSSR count). The number of esters is 1. The number of carbonyl (C=O) groups excluding carboxylic acids is 1. The van der Waals surface area contributed by atoms with Crippen LogP contribution in [-0.4, -0.2) is 28.6 Å². The normalized spacial score (nSPS) is 9.62. The summed E-state index contributed by atoms with van der Waals surface area (Å²) in [5, 5.41) is 8.60. The highest BCUT2D eigenvalue weighted by molar-refractivity contribution is 7.15. The van der Waals surface area contributed by atoms with E-state index in [0.717, 1.165) is 17.5 Å². The summed E-state index contributed by atoms with van der Waals surface area (Å²) in [4.78, 5) is 25.1. The average molecular weight is 201 g/mol. The van der Waals surface area contributed by atoms with Gasteiger partial charge in [-0.15, -0.1) is 11.3 Å². The third kappa shape index (κ3) is 2.25. The van der Waals surface area contributed by atoms with Crippen LogP contribution in [-0.2, 0) is 4.74 Å². The quantitative estimate of drug-likeness (QED) is 0.739. The second-order valence-electron chi connectivity index (χ2n) is 2.06. The number of hydrogen-bond donors (Lipinski definition) is 1. The molecule has 0 aliphatic heterocycles. The highest BCUT2D eigenvalue weighted by atomic mass is 32.1. The third-order valence-electron chi connectivity index (χ3n) is 1.17. The molecule has 0 aliphatic rings. The maximum absolute atomic E-state index is 11.0. The molecule has 1 aromatic rings. The van der Waals surface area contributed by atoms with E-state index in [2.05, 4.69) is 9.72 Å². The summed E-state index contributed by atoms with van der Waals surface area (Å²) < 4.78 is 4.64. The van der Waals surface area contributed by atoms with Crippen LogP contribution in [0.2, 0.25) is 0 Å². The molecule has 1 heterocycles. The second-order valence-corrected chi connectivity index (χ2v) is 3.09. The summed E-state index contributed by atoms with van der Waals surface area (Å²) in [6.45, 7) is 1.92. The molecular formula is C7H7NO4S. The van der Waals surface area contributed by atoms with Crippen molar-refractivity contribution < 1.29 is 19.4 Å². The molecule has 1 N–H and O–H groups in total. The molecule has 0 radical (unpaired) electrons. The number of rotatable bonds is 3. The van der Waals surface area contributed by atoms with E-state index in [9.17, 15) is 9.59 Å². The maximum atomic E-state index is 11.0. The Morgan fingerprint density at radius 3 is 2.85 bits per heavy atom. The number of aromatic nitrogens is 1. The van der Waals surface area contributed by atoms with Crippen LogP contribution < -0.4 is 0 Å². The van der Waals surface area contributed by atoms with Gasteiger partial charge in [0.2, 0.25) is 5.01 Å². The zero-order valence-corrected chi connectivity index (χ0v) is 7.63. The predicted octanol–water partition coefficient (Wildman–Crippen LogP) is 1.02. The van der Waals surface area contributed by atoms with Crippen LogP contribution in [0.15, 0.2) is 6.20 Å². The van der Waals surface area contributed by atoms with E-state index in [4.69, 9.17) is 5.11 Å². The van der Waals surface area contributed by atoms with Crippen molar-refractivity contribution in [2.75, 3.05) is 6.61 Å². The highest BCUT2D eigenvalue weighted by Gasteiger charge is 2.14. The lowest BCUT2D eigenvalue weighted by Gasteiger charge is -1.94. The van der Waals surface area contributed by atoms with Crippen LogP contribution in [0.25, 0.3) is 0 Å². The van der Waals surface area contributed by atoms with Gasteiger partial charge in [0.05, 0.1) is 12.8 Å². The Morgan fingerprint density at radius 1 is 1.69 bits per heavy atom. The molecule has 0 aliphatic carbocycles. The summed E-state index contributed by atoms with van der Waals surface area (Å²) >= 11 is 0.804. The van der Waals surface area contributed by atoms with Crippen molar-refractivity contribution in [3.8, 4) is 0 Å². The first-order chi connectivity index (χ1) is 6.15. The van der Waals surface area contributed by atoms with E-state index in [-0.39, 0.29) is 16.5 Å². The van der Waals surface area contributed by atoms with E-state index in [1.807, 2.05) is 0 Å². The molecule has 1 aromatic heterocycles. The summed E-state index contributed by atoms with van der Waals surface area (Å²) in [6.07, 6.45) is 1.14. The minimum absolute atomic E-state index is 0.0306. The van der Waals surface area contributed by atoms with E-state index < -0.39 is 11.9 Å². The van der Waals surface area contributed by atoms with Gasteiger partial charge in [0.15, 0.2) is 0 Å². The number of nitrogens with zero attached hydrogens (tertiary/aromatic N) is 1. The van der Waals surface area contributed by atoms with Crippen molar-refractivity contribution in [3.05, 3.63) is 16.1 Å². The first kappa shape index (κ1) is 9.66. The molecule has 6 heteroatoms. The molecule has 5 nitrogen and oxygen atoms in total. The summed E-state index contributed by atoms with van der Waals surface area (Å²) in [6, 6.07) is 0. The molecular weight excluding hydrogens is 194 g/mol. The van der Waals surface area contributed by atoms with Gasteiger partial charge in [-0.3, -0.25) is 0 Å². The van der Waals surface area contributed by atoms with Crippen molar-refractivity contribution in [1.29, 1.82) is 0 Å². The Balaban J connectivity index is 2.79. The maximum Gasteiger partial charge on any atom is 0.367 e. The van der Waals surface area contributed by atoms with E-state index >= 15 is 0 Å². The zero-order chi connectivity index (χ0) is 9.84. The average Bonchev–Trinajstić information content (AvgIpc) is 2.52. The van der Waals surface area contributed by atoms with Crippen molar-refractivity contribution >= 4 is 23.3 Å². The zero-order valence-electron chi connectivity index (χ0n) is 6.81. The van der Waals surface area contributed by atoms with E-state index in [0.29, 0.717) is 0 Å². The number of thiazole rings is 1. The molecule has 0 atom stereocenters. The number of hydrogen-bond acceptors (Lipinski definition) is 5. The van der Waals surface area contributed by atoms with Crippen molar-refractivity contribution in [2.45, 2.75) is 6.92 Å². The Kier molecular flexibility index (Phi) is 2.97. The molecule has 0 saturated carbocycles. The minimum atomic E-state index is -1.09. The molecule has 0 aromatic carbocycles. The van der Waals surface area contributed by atoms with Gasteiger partial charge >= 0.3 is 11.9 Å². The van der Waals surface area contributed by atoms with E-state index in [1.165, 1.54) is 0 Å². The topological polar surface area (TPSA) is 76.5 Å². The number of ether oxygens (including phenoxy) is 1. The molecule has 13 heavy (non-hydrogen) atoms. The second kappa shape index (κ2) is 3.99. The predicted molar refractivity (Wildman–Crippen MR) is 45.0 cm³/mol. The van der Waals surface area contributed by atoms with Gasteiger partial charge in [-0.2, -0.15) is 0 Å². The van der Waals surface area contributed by atoms with Crippen LogP contribution in [0.3, 0.4) is 0 Å². The lowest BCUT2D eigenvalue weighted by Crippen LogP contribution is -2.03. The van der Waals surface area contributed by atoms with Gasteiger partial charge in [0.25, 0.3) is 0 Å². The Labute approximate surface area is 78.0 Å². The molecule has 0 spiro atoms. The monoisotopic (exact) mass is 201 g/mol. The van der Waals surface area contributed by atoms with Gasteiger partial charge < -0.3 is 9.84 Å². The first-order valence-electron chi connectivity index (χ1n) is 3.51. The van der Waals surface area contributed by atoms with Gasteiger partial charge in [-0.1, -0.05) is 0 Å². The fourth-order valence-electron chi connectivity index (χ4n) is 0.660. The molecule has 0 fully saturated rings. The third-order valence-corrected chi connectivity index (χ3v) is 2.13. The van der Waals surface area contributed by atoms with Crippen molar-refractivity contribution in [1.82, 2.24) is 4.98 Å². The van der Waals surface area contributed by atoms with Crippen LogP contribution in [0.1, 0.15) is 26.4 Å². The van der Waals surface area contributed by atoms with Gasteiger partial charge in [0, 0.05) is 0 Å². The molecule has 0 saturated heterocycles. The standard InChI is InChI=1S/C7H7NO4S/c1-2-12-7(11)5-8-3-4(13-5)6(9)10/h3H,2H2,1H3,(H,9,10). The van der Waals surface area contributed by atoms with Crippen LogP contribution >= 0.6 is 11.3 Å². The smallest absolute Gasteiger partial charge is 0.367 e. The fraction of sp³-hybridized carbons (Fsp3) is 0.286. The molecule has 70 valence electrons. The minimum Gasteiger partial charge on any atom is -0.477 e. The molecule has 0 amide bonds. The largest absolute Gasteiger partial charge is 0.477 e. The number of carboxylic acid groups (broad SMARTS) is 1. The number of carboxylic acids is 1. The van der Waals surface area contributed by atoms with Gasteiger partial charge in [-0.05, 0) is 6.92 Å². The SMILES string of the molecule is CCOC(=O)c1ncc(C(=O)O)s1. The molecule has 0 unspecified atom stereocenters. The van der Waals surface area contributed by atoms with Gasteiger partial charge in [-0.25, -0.2) is 14.6 Å². The highest BCUT2D eigenvalue weighted by Crippen LogP contribution is 2.13. The Morgan fingerprint density at radius 2 is 2.38 bits per heavy atom. The number of carbonyl (C=O) groups is 2.